The number of benzene rings is 1. The van der Waals surface area contributed by atoms with E-state index in [2.05, 4.69) is 15.0 Å². The van der Waals surface area contributed by atoms with Gasteiger partial charge in [0.15, 0.2) is 11.6 Å². The number of ether oxygens (including phenoxy) is 1. The van der Waals surface area contributed by atoms with Crippen LogP contribution in [0.25, 0.3) is 5.82 Å². The van der Waals surface area contributed by atoms with Gasteiger partial charge in [0.1, 0.15) is 23.8 Å². The van der Waals surface area contributed by atoms with E-state index in [1.165, 1.54) is 16.4 Å². The van der Waals surface area contributed by atoms with Crippen molar-refractivity contribution in [3.8, 4) is 11.6 Å². The Hall–Kier alpha value is -3.05. The van der Waals surface area contributed by atoms with E-state index in [-0.39, 0.29) is 23.7 Å². The normalized spacial score (nSPS) is 15.3. The lowest BCUT2D eigenvalue weighted by atomic mass is 10.3. The van der Waals surface area contributed by atoms with Gasteiger partial charge in [0, 0.05) is 44.6 Å². The van der Waals surface area contributed by atoms with Gasteiger partial charge in [-0.1, -0.05) is 0 Å². The average Bonchev–Trinajstić information content (AvgIpc) is 3.30. The summed E-state index contributed by atoms with van der Waals surface area (Å²) in [5.41, 5.74) is 0. The molecule has 0 radical (unpaired) electrons. The smallest absolute Gasteiger partial charge is 0.243 e. The highest BCUT2D eigenvalue weighted by Gasteiger charge is 2.30. The van der Waals surface area contributed by atoms with Crippen LogP contribution in [0.5, 0.6) is 5.75 Å². The number of imidazole rings is 1. The van der Waals surface area contributed by atoms with Gasteiger partial charge in [-0.2, -0.15) is 4.31 Å². The van der Waals surface area contributed by atoms with Crippen molar-refractivity contribution in [2.75, 3.05) is 37.7 Å². The van der Waals surface area contributed by atoms with Crippen molar-refractivity contribution in [2.24, 2.45) is 0 Å². The predicted molar refractivity (Wildman–Crippen MR) is 112 cm³/mol. The summed E-state index contributed by atoms with van der Waals surface area (Å²) in [5.74, 6) is 1.38. The molecule has 1 saturated heterocycles. The maximum atomic E-state index is 14.2. The Morgan fingerprint density at radius 3 is 2.48 bits per heavy atom. The van der Waals surface area contributed by atoms with Crippen LogP contribution in [0.2, 0.25) is 0 Å². The van der Waals surface area contributed by atoms with Crippen molar-refractivity contribution in [1.29, 1.82) is 0 Å². The number of hydrogen-bond donors (Lipinski definition) is 0. The molecule has 3 heterocycles. The Kier molecular flexibility index (Phi) is 5.88. The summed E-state index contributed by atoms with van der Waals surface area (Å²) in [6.07, 6.45) is 5.13. The van der Waals surface area contributed by atoms with Gasteiger partial charge in [0.05, 0.1) is 11.5 Å². The number of anilines is 1. The number of halogens is 1. The van der Waals surface area contributed by atoms with Crippen LogP contribution in [-0.2, 0) is 10.0 Å². The topological polar surface area (TPSA) is 93.5 Å². The molecule has 4 rings (SSSR count). The highest BCUT2D eigenvalue weighted by molar-refractivity contribution is 7.89. The molecule has 0 N–H and O–H groups in total. The molecule has 0 atom stereocenters. The lowest BCUT2D eigenvalue weighted by molar-refractivity contribution is 0.321. The average molecular weight is 447 g/mol. The second kappa shape index (κ2) is 8.60. The zero-order valence-electron chi connectivity index (χ0n) is 17.3. The molecule has 9 nitrogen and oxygen atoms in total. The molecule has 1 aliphatic rings. The number of piperazine rings is 1. The molecule has 1 aromatic carbocycles. The zero-order chi connectivity index (χ0) is 22.0. The van der Waals surface area contributed by atoms with E-state index in [1.54, 1.807) is 30.2 Å². The Bertz CT molecular complexity index is 1160. The van der Waals surface area contributed by atoms with Crippen LogP contribution in [0.15, 0.2) is 47.9 Å². The van der Waals surface area contributed by atoms with Crippen LogP contribution in [0, 0.1) is 12.7 Å². The van der Waals surface area contributed by atoms with E-state index < -0.39 is 15.8 Å². The number of hydrogen-bond acceptors (Lipinski definition) is 7. The van der Waals surface area contributed by atoms with Gasteiger partial charge in [0.25, 0.3) is 0 Å². The fourth-order valence-electron chi connectivity index (χ4n) is 3.45. The van der Waals surface area contributed by atoms with Crippen molar-refractivity contribution >= 4 is 15.8 Å². The molecule has 11 heteroatoms. The second-order valence-corrected chi connectivity index (χ2v) is 8.96. The van der Waals surface area contributed by atoms with Crippen LogP contribution < -0.4 is 9.64 Å². The van der Waals surface area contributed by atoms with Crippen molar-refractivity contribution in [3.63, 3.8) is 0 Å². The molecular weight excluding hydrogens is 423 g/mol. The van der Waals surface area contributed by atoms with Crippen molar-refractivity contribution in [3.05, 3.63) is 54.6 Å². The third-order valence-corrected chi connectivity index (χ3v) is 6.88. The SMILES string of the molecule is CCOc1ccc(S(=O)(=O)N2CCN(c3cc(-n4ccnc4)nc(C)n3)CC2)cc1F. The summed E-state index contributed by atoms with van der Waals surface area (Å²) in [5, 5.41) is 0. The number of nitrogens with zero attached hydrogens (tertiary/aromatic N) is 6. The van der Waals surface area contributed by atoms with Crippen molar-refractivity contribution < 1.29 is 17.5 Å². The molecule has 3 aromatic rings. The lowest BCUT2D eigenvalue weighted by Crippen LogP contribution is -2.49. The van der Waals surface area contributed by atoms with Crippen LogP contribution in [0.4, 0.5) is 10.2 Å². The molecule has 1 fully saturated rings. The monoisotopic (exact) mass is 446 g/mol. The molecule has 0 aliphatic carbocycles. The van der Waals surface area contributed by atoms with Crippen molar-refractivity contribution in [1.82, 2.24) is 23.8 Å². The van der Waals surface area contributed by atoms with Gasteiger partial charge in [-0.3, -0.25) is 4.57 Å². The maximum Gasteiger partial charge on any atom is 0.243 e. The van der Waals surface area contributed by atoms with Gasteiger partial charge in [0.2, 0.25) is 10.0 Å². The zero-order valence-corrected chi connectivity index (χ0v) is 18.1. The van der Waals surface area contributed by atoms with Gasteiger partial charge >= 0.3 is 0 Å². The summed E-state index contributed by atoms with van der Waals surface area (Å²) in [6.45, 7) is 5.29. The second-order valence-electron chi connectivity index (χ2n) is 7.02. The van der Waals surface area contributed by atoms with Gasteiger partial charge in [-0.15, -0.1) is 0 Å². The van der Waals surface area contributed by atoms with E-state index in [9.17, 15) is 12.8 Å². The quantitative estimate of drug-likeness (QED) is 0.572. The number of aromatic nitrogens is 4. The highest BCUT2D eigenvalue weighted by Crippen LogP contribution is 2.25. The predicted octanol–water partition coefficient (Wildman–Crippen LogP) is 2.02. The molecule has 31 heavy (non-hydrogen) atoms. The number of sulfonamides is 1. The number of rotatable bonds is 6. The Balaban J connectivity index is 1.49. The largest absolute Gasteiger partial charge is 0.491 e. The van der Waals surface area contributed by atoms with Crippen LogP contribution in [0.3, 0.4) is 0 Å². The standard InChI is InChI=1S/C20H23FN6O3S/c1-3-30-18-5-4-16(12-17(18)21)31(28,29)27-10-8-25(9-11-27)19-13-20(24-15(2)23-19)26-7-6-22-14-26/h4-7,12-14H,3,8-11H2,1-2H3. The minimum absolute atomic E-state index is 0.0408. The first kappa shape index (κ1) is 21.2. The first-order valence-electron chi connectivity index (χ1n) is 9.90. The Morgan fingerprint density at radius 2 is 1.84 bits per heavy atom. The molecule has 0 spiro atoms. The Morgan fingerprint density at radius 1 is 1.10 bits per heavy atom. The lowest BCUT2D eigenvalue weighted by Gasteiger charge is -2.34. The van der Waals surface area contributed by atoms with Gasteiger partial charge < -0.3 is 9.64 Å². The van der Waals surface area contributed by atoms with E-state index in [1.807, 2.05) is 17.9 Å². The minimum Gasteiger partial charge on any atom is -0.491 e. The minimum atomic E-state index is -3.81. The summed E-state index contributed by atoms with van der Waals surface area (Å²) < 4.78 is 48.4. The number of aryl methyl sites for hydroxylation is 1. The van der Waals surface area contributed by atoms with Crippen LogP contribution in [-0.4, -0.2) is 65.0 Å². The molecular formula is C20H23FN6O3S. The molecule has 2 aromatic heterocycles. The fourth-order valence-corrected chi connectivity index (χ4v) is 4.88. The van der Waals surface area contributed by atoms with E-state index in [0.717, 1.165) is 11.9 Å². The summed E-state index contributed by atoms with van der Waals surface area (Å²) in [7, 11) is -3.81. The van der Waals surface area contributed by atoms with E-state index in [4.69, 9.17) is 4.74 Å². The van der Waals surface area contributed by atoms with Crippen LogP contribution >= 0.6 is 0 Å². The molecule has 0 saturated carbocycles. The molecule has 0 bridgehead atoms. The first-order valence-corrected chi connectivity index (χ1v) is 11.3. The van der Waals surface area contributed by atoms with Crippen molar-refractivity contribution in [2.45, 2.75) is 18.7 Å². The van der Waals surface area contributed by atoms with Crippen LogP contribution in [0.1, 0.15) is 12.7 Å². The molecule has 0 amide bonds. The fraction of sp³-hybridized carbons (Fsp3) is 0.350. The third kappa shape index (κ3) is 4.37. The summed E-state index contributed by atoms with van der Waals surface area (Å²) in [6, 6.07) is 5.59. The summed E-state index contributed by atoms with van der Waals surface area (Å²) in [4.78, 5) is 14.9. The van der Waals surface area contributed by atoms with E-state index in [0.29, 0.717) is 31.3 Å². The molecule has 1 aliphatic heterocycles. The summed E-state index contributed by atoms with van der Waals surface area (Å²) >= 11 is 0. The molecule has 164 valence electrons. The maximum absolute atomic E-state index is 14.2. The third-order valence-electron chi connectivity index (χ3n) is 4.98. The van der Waals surface area contributed by atoms with Gasteiger partial charge in [-0.05, 0) is 32.0 Å². The first-order chi connectivity index (χ1) is 14.9. The van der Waals surface area contributed by atoms with E-state index >= 15 is 0 Å². The Labute approximate surface area is 180 Å². The molecule has 0 unspecified atom stereocenters. The van der Waals surface area contributed by atoms with Gasteiger partial charge in [-0.25, -0.2) is 27.8 Å². The highest BCUT2D eigenvalue weighted by atomic mass is 32.2.